The molecule has 0 rings (SSSR count). The Labute approximate surface area is 93.6 Å². The van der Waals surface area contributed by atoms with Crippen LogP contribution in [-0.4, -0.2) is 24.8 Å². The van der Waals surface area contributed by atoms with Crippen molar-refractivity contribution in [2.75, 3.05) is 6.54 Å². The maximum atomic E-state index is 10.7. The van der Waals surface area contributed by atoms with Crippen LogP contribution in [0.1, 0.15) is 47.5 Å². The van der Waals surface area contributed by atoms with E-state index < -0.39 is 6.04 Å². The molecule has 92 valence electrons. The van der Waals surface area contributed by atoms with Crippen LogP contribution >= 0.6 is 0 Å². The molecule has 0 aromatic rings. The Morgan fingerprint density at radius 3 is 2.00 bits per heavy atom. The van der Waals surface area contributed by atoms with Crippen molar-refractivity contribution >= 4 is 12.2 Å². The molecular formula is C11H26N2O2. The normalized spacial score (nSPS) is 9.73. The Balaban J connectivity index is -0.000000245. The summed E-state index contributed by atoms with van der Waals surface area (Å²) < 4.78 is 0. The van der Waals surface area contributed by atoms with Gasteiger partial charge >= 0.3 is 0 Å². The Hall–Kier alpha value is -0.900. The fourth-order valence-corrected chi connectivity index (χ4v) is 0.459. The molecular weight excluding hydrogens is 192 g/mol. The van der Waals surface area contributed by atoms with Crippen molar-refractivity contribution in [2.45, 2.75) is 53.5 Å². The number of carbonyl (C=O) groups excluding carboxylic acids is 2. The first-order chi connectivity index (χ1) is 7.13. The third kappa shape index (κ3) is 19.5. The van der Waals surface area contributed by atoms with Crippen LogP contribution in [0.4, 0.5) is 0 Å². The third-order valence-corrected chi connectivity index (χ3v) is 1.14. The molecule has 1 atom stereocenters. The molecule has 15 heavy (non-hydrogen) atoms. The van der Waals surface area contributed by atoms with Gasteiger partial charge in [-0.1, -0.05) is 41.0 Å². The molecule has 0 aliphatic rings. The zero-order valence-corrected chi connectivity index (χ0v) is 10.7. The largest absolute Gasteiger partial charge is 0.348 e. The van der Waals surface area contributed by atoms with Crippen LogP contribution in [0.15, 0.2) is 0 Å². The molecule has 0 aliphatic carbocycles. The number of rotatable bonds is 4. The molecule has 1 amide bonds. The maximum absolute atomic E-state index is 10.7. The molecule has 0 bridgehead atoms. The first kappa shape index (κ1) is 19.6. The van der Waals surface area contributed by atoms with Crippen molar-refractivity contribution < 1.29 is 9.59 Å². The number of nitrogens with one attached hydrogen (secondary N) is 1. The van der Waals surface area contributed by atoms with Crippen molar-refractivity contribution in [3.05, 3.63) is 0 Å². The molecule has 0 radical (unpaired) electrons. The van der Waals surface area contributed by atoms with Gasteiger partial charge in [-0.15, -0.1) is 0 Å². The molecule has 0 aromatic carbocycles. The minimum atomic E-state index is -0.486. The van der Waals surface area contributed by atoms with E-state index in [-0.39, 0.29) is 12.5 Å². The van der Waals surface area contributed by atoms with Gasteiger partial charge in [-0.25, -0.2) is 0 Å². The van der Waals surface area contributed by atoms with Crippen molar-refractivity contribution in [3.8, 4) is 0 Å². The lowest BCUT2D eigenvalue weighted by atomic mass is 10.2. The summed E-state index contributed by atoms with van der Waals surface area (Å²) in [6.07, 6.45) is 2.46. The van der Waals surface area contributed by atoms with Crippen molar-refractivity contribution in [2.24, 2.45) is 5.73 Å². The highest BCUT2D eigenvalue weighted by Gasteiger charge is 2.08. The summed E-state index contributed by atoms with van der Waals surface area (Å²) in [7, 11) is 0. The van der Waals surface area contributed by atoms with Crippen LogP contribution in [0, 0.1) is 0 Å². The zero-order valence-electron chi connectivity index (χ0n) is 10.7. The molecule has 0 aromatic heterocycles. The fraction of sp³-hybridized carbons (Fsp3) is 0.818. The molecule has 0 saturated carbocycles. The number of aldehydes is 1. The standard InChI is InChI=1S/C6H12N2O2.C3H8.C2H6/c1-2-5(7)6(10)8-3-4-9;1-3-2;1-2/h4-5H,2-3,7H2,1H3,(H,8,10);3H2,1-2H3;1-2H3. The van der Waals surface area contributed by atoms with E-state index in [9.17, 15) is 9.59 Å². The average molecular weight is 218 g/mol. The zero-order chi connectivity index (χ0) is 12.7. The summed E-state index contributed by atoms with van der Waals surface area (Å²) in [5.41, 5.74) is 5.33. The lowest BCUT2D eigenvalue weighted by Crippen LogP contribution is -2.40. The van der Waals surface area contributed by atoms with Gasteiger partial charge in [-0.05, 0) is 6.42 Å². The van der Waals surface area contributed by atoms with Crippen LogP contribution in [0.25, 0.3) is 0 Å². The molecule has 0 aliphatic heterocycles. The highest BCUT2D eigenvalue weighted by atomic mass is 16.2. The lowest BCUT2D eigenvalue weighted by Gasteiger charge is -2.06. The van der Waals surface area contributed by atoms with Crippen LogP contribution in [-0.2, 0) is 9.59 Å². The van der Waals surface area contributed by atoms with Gasteiger partial charge in [0.1, 0.15) is 6.29 Å². The molecule has 1 unspecified atom stereocenters. The number of hydrogen-bond donors (Lipinski definition) is 2. The van der Waals surface area contributed by atoms with Gasteiger partial charge in [0.05, 0.1) is 12.6 Å². The van der Waals surface area contributed by atoms with E-state index in [0.29, 0.717) is 12.7 Å². The second-order valence-corrected chi connectivity index (χ2v) is 2.63. The smallest absolute Gasteiger partial charge is 0.237 e. The molecule has 0 saturated heterocycles. The highest BCUT2D eigenvalue weighted by molar-refractivity contribution is 5.83. The van der Waals surface area contributed by atoms with E-state index in [1.165, 1.54) is 6.42 Å². The predicted molar refractivity (Wildman–Crippen MR) is 64.7 cm³/mol. The average Bonchev–Trinajstić information content (AvgIpc) is 2.28. The predicted octanol–water partition coefficient (Wildman–Crippen LogP) is 1.48. The minimum Gasteiger partial charge on any atom is -0.348 e. The Morgan fingerprint density at radius 1 is 1.33 bits per heavy atom. The SMILES string of the molecule is CC.CCC.CCC(N)C(=O)NCC=O. The van der Waals surface area contributed by atoms with Crippen LogP contribution in [0.5, 0.6) is 0 Å². The van der Waals surface area contributed by atoms with Crippen LogP contribution in [0.3, 0.4) is 0 Å². The monoisotopic (exact) mass is 218 g/mol. The number of nitrogens with two attached hydrogens (primary N) is 1. The summed E-state index contributed by atoms with van der Waals surface area (Å²) in [5, 5.41) is 2.35. The Morgan fingerprint density at radius 2 is 1.73 bits per heavy atom. The lowest BCUT2D eigenvalue weighted by molar-refractivity contribution is -0.123. The second-order valence-electron chi connectivity index (χ2n) is 2.63. The van der Waals surface area contributed by atoms with Crippen molar-refractivity contribution in [1.29, 1.82) is 0 Å². The summed E-state index contributed by atoms with van der Waals surface area (Å²) in [5.74, 6) is -0.269. The van der Waals surface area contributed by atoms with Gasteiger partial charge < -0.3 is 15.8 Å². The third-order valence-electron chi connectivity index (χ3n) is 1.14. The van der Waals surface area contributed by atoms with Crippen LogP contribution < -0.4 is 11.1 Å². The van der Waals surface area contributed by atoms with E-state index in [2.05, 4.69) is 19.2 Å². The molecule has 3 N–H and O–H groups in total. The molecule has 0 heterocycles. The van der Waals surface area contributed by atoms with E-state index in [1.807, 2.05) is 20.8 Å². The summed E-state index contributed by atoms with van der Waals surface area (Å²) >= 11 is 0. The van der Waals surface area contributed by atoms with Crippen LogP contribution in [0.2, 0.25) is 0 Å². The van der Waals surface area contributed by atoms with E-state index in [0.717, 1.165) is 0 Å². The Kier molecular flexibility index (Phi) is 24.6. The van der Waals surface area contributed by atoms with E-state index in [4.69, 9.17) is 5.73 Å². The molecule has 4 heteroatoms. The molecule has 4 nitrogen and oxygen atoms in total. The summed E-state index contributed by atoms with van der Waals surface area (Å²) in [6.45, 7) is 10.1. The van der Waals surface area contributed by atoms with Gasteiger partial charge in [-0.3, -0.25) is 4.79 Å². The highest BCUT2D eigenvalue weighted by Crippen LogP contribution is 1.83. The summed E-state index contributed by atoms with van der Waals surface area (Å²) in [4.78, 5) is 20.5. The second kappa shape index (κ2) is 18.8. The van der Waals surface area contributed by atoms with Gasteiger partial charge in [0.15, 0.2) is 0 Å². The summed E-state index contributed by atoms with van der Waals surface area (Å²) in [6, 6.07) is -0.486. The number of carbonyl (C=O) groups is 2. The molecule has 0 fully saturated rings. The maximum Gasteiger partial charge on any atom is 0.237 e. The van der Waals surface area contributed by atoms with Gasteiger partial charge in [-0.2, -0.15) is 0 Å². The van der Waals surface area contributed by atoms with E-state index >= 15 is 0 Å². The minimum absolute atomic E-state index is 0.0481. The van der Waals surface area contributed by atoms with Gasteiger partial charge in [0, 0.05) is 0 Å². The van der Waals surface area contributed by atoms with Crippen molar-refractivity contribution in [1.82, 2.24) is 5.32 Å². The quantitative estimate of drug-likeness (QED) is 0.702. The number of amides is 1. The first-order valence-electron chi connectivity index (χ1n) is 5.60. The Bertz CT molecular complexity index is 139. The van der Waals surface area contributed by atoms with Gasteiger partial charge in [0.2, 0.25) is 5.91 Å². The molecule has 0 spiro atoms. The van der Waals surface area contributed by atoms with E-state index in [1.54, 1.807) is 0 Å². The first-order valence-corrected chi connectivity index (χ1v) is 5.60. The van der Waals surface area contributed by atoms with Gasteiger partial charge in [0.25, 0.3) is 0 Å². The van der Waals surface area contributed by atoms with Crippen molar-refractivity contribution in [3.63, 3.8) is 0 Å². The fourth-order valence-electron chi connectivity index (χ4n) is 0.459. The number of hydrogen-bond acceptors (Lipinski definition) is 3. The topological polar surface area (TPSA) is 72.2 Å².